The molecule has 0 aliphatic rings. The van der Waals surface area contributed by atoms with Crippen LogP contribution in [0.25, 0.3) is 0 Å². The maximum Gasteiger partial charge on any atom is 0.272 e. The van der Waals surface area contributed by atoms with E-state index in [1.807, 2.05) is 10.8 Å². The molecule has 0 fully saturated rings. The van der Waals surface area contributed by atoms with Gasteiger partial charge >= 0.3 is 0 Å². The first-order chi connectivity index (χ1) is 9.11. The zero-order valence-electron chi connectivity index (χ0n) is 10.4. The lowest BCUT2D eigenvalue weighted by Gasteiger charge is -2.09. The van der Waals surface area contributed by atoms with E-state index in [0.29, 0.717) is 16.4 Å². The van der Waals surface area contributed by atoms with Gasteiger partial charge in [0, 0.05) is 23.4 Å². The largest absolute Gasteiger partial charge is 0.342 e. The maximum atomic E-state index is 12.2. The number of carbonyl (C=O) groups excluding carboxylic acids is 1. The van der Waals surface area contributed by atoms with Gasteiger partial charge in [-0.05, 0) is 34.5 Å². The van der Waals surface area contributed by atoms with Crippen molar-refractivity contribution >= 4 is 39.1 Å². The standard InChI is InChI=1S/C13H13BrClN3O/c1-2-5-18-8-9(14)6-12(18)13(19)17-11-7-16-4-3-10(11)15/h3-4,6-8H,2,5H2,1H3,(H,17,19). The Kier molecular flexibility index (Phi) is 4.61. The fraction of sp³-hybridized carbons (Fsp3) is 0.231. The van der Waals surface area contributed by atoms with E-state index in [1.54, 1.807) is 18.3 Å². The molecule has 0 aliphatic carbocycles. The van der Waals surface area contributed by atoms with Crippen LogP contribution in [0.3, 0.4) is 0 Å². The van der Waals surface area contributed by atoms with E-state index < -0.39 is 0 Å². The first-order valence-electron chi connectivity index (χ1n) is 5.88. The second-order valence-corrected chi connectivity index (χ2v) is 5.37. The smallest absolute Gasteiger partial charge is 0.272 e. The molecule has 6 heteroatoms. The zero-order chi connectivity index (χ0) is 13.8. The molecule has 0 spiro atoms. The number of nitrogens with zero attached hydrogens (tertiary/aromatic N) is 2. The summed E-state index contributed by atoms with van der Waals surface area (Å²) < 4.78 is 2.78. The van der Waals surface area contributed by atoms with Gasteiger partial charge in [0.05, 0.1) is 16.9 Å². The van der Waals surface area contributed by atoms with Crippen LogP contribution < -0.4 is 5.32 Å². The highest BCUT2D eigenvalue weighted by molar-refractivity contribution is 9.10. The van der Waals surface area contributed by atoms with Gasteiger partial charge < -0.3 is 9.88 Å². The van der Waals surface area contributed by atoms with E-state index in [-0.39, 0.29) is 5.91 Å². The van der Waals surface area contributed by atoms with E-state index >= 15 is 0 Å². The molecule has 1 amide bonds. The Balaban J connectivity index is 2.23. The van der Waals surface area contributed by atoms with Gasteiger partial charge in [-0.1, -0.05) is 18.5 Å². The summed E-state index contributed by atoms with van der Waals surface area (Å²) in [5, 5.41) is 3.23. The number of nitrogens with one attached hydrogen (secondary N) is 1. The Labute approximate surface area is 124 Å². The van der Waals surface area contributed by atoms with Crippen molar-refractivity contribution in [2.45, 2.75) is 19.9 Å². The molecular formula is C13H13BrClN3O. The molecule has 2 rings (SSSR count). The number of carbonyl (C=O) groups is 1. The Morgan fingerprint density at radius 3 is 3.05 bits per heavy atom. The minimum absolute atomic E-state index is 0.200. The van der Waals surface area contributed by atoms with Gasteiger partial charge in [-0.3, -0.25) is 9.78 Å². The summed E-state index contributed by atoms with van der Waals surface area (Å²) in [5.74, 6) is -0.200. The predicted molar refractivity (Wildman–Crippen MR) is 79.6 cm³/mol. The van der Waals surface area contributed by atoms with Crippen molar-refractivity contribution in [3.8, 4) is 0 Å². The molecule has 19 heavy (non-hydrogen) atoms. The number of pyridine rings is 1. The Hall–Kier alpha value is -1.33. The number of anilines is 1. The molecule has 2 heterocycles. The van der Waals surface area contributed by atoms with Crippen LogP contribution in [-0.4, -0.2) is 15.5 Å². The molecule has 0 aliphatic heterocycles. The average molecular weight is 343 g/mol. The van der Waals surface area contributed by atoms with Gasteiger partial charge in [-0.15, -0.1) is 0 Å². The van der Waals surface area contributed by atoms with E-state index in [1.165, 1.54) is 6.20 Å². The minimum Gasteiger partial charge on any atom is -0.342 e. The van der Waals surface area contributed by atoms with Crippen LogP contribution in [-0.2, 0) is 6.54 Å². The van der Waals surface area contributed by atoms with E-state index in [9.17, 15) is 4.79 Å². The van der Waals surface area contributed by atoms with Gasteiger partial charge in [0.25, 0.3) is 5.91 Å². The van der Waals surface area contributed by atoms with Crippen molar-refractivity contribution in [3.05, 3.63) is 45.9 Å². The highest BCUT2D eigenvalue weighted by atomic mass is 79.9. The molecule has 0 bridgehead atoms. The SMILES string of the molecule is CCCn1cc(Br)cc1C(=O)Nc1cnccc1Cl. The average Bonchev–Trinajstić information content (AvgIpc) is 2.74. The second kappa shape index (κ2) is 6.21. The highest BCUT2D eigenvalue weighted by Gasteiger charge is 2.14. The van der Waals surface area contributed by atoms with Gasteiger partial charge in [-0.2, -0.15) is 0 Å². The Morgan fingerprint density at radius 2 is 2.37 bits per heavy atom. The number of aryl methyl sites for hydroxylation is 1. The fourth-order valence-corrected chi connectivity index (χ4v) is 2.36. The summed E-state index contributed by atoms with van der Waals surface area (Å²) in [6.45, 7) is 2.85. The van der Waals surface area contributed by atoms with Gasteiger partial charge in [0.15, 0.2) is 0 Å². The first-order valence-corrected chi connectivity index (χ1v) is 7.05. The van der Waals surface area contributed by atoms with Crippen LogP contribution in [0.5, 0.6) is 0 Å². The molecule has 0 radical (unpaired) electrons. The van der Waals surface area contributed by atoms with Gasteiger partial charge in [-0.25, -0.2) is 0 Å². The maximum absolute atomic E-state index is 12.2. The van der Waals surface area contributed by atoms with Crippen molar-refractivity contribution in [1.29, 1.82) is 0 Å². The van der Waals surface area contributed by atoms with Gasteiger partial charge in [0.1, 0.15) is 5.69 Å². The summed E-state index contributed by atoms with van der Waals surface area (Å²) in [5.41, 5.74) is 1.10. The lowest BCUT2D eigenvalue weighted by molar-refractivity contribution is 0.101. The van der Waals surface area contributed by atoms with Crippen LogP contribution >= 0.6 is 27.5 Å². The Morgan fingerprint density at radius 1 is 1.58 bits per heavy atom. The molecule has 4 nitrogen and oxygen atoms in total. The number of aromatic nitrogens is 2. The van der Waals surface area contributed by atoms with Crippen LogP contribution in [0, 0.1) is 0 Å². The molecular weight excluding hydrogens is 330 g/mol. The van der Waals surface area contributed by atoms with Crippen LogP contribution in [0.2, 0.25) is 5.02 Å². The molecule has 0 saturated carbocycles. The lowest BCUT2D eigenvalue weighted by atomic mass is 10.3. The summed E-state index contributed by atoms with van der Waals surface area (Å²) >= 11 is 9.37. The van der Waals surface area contributed by atoms with Crippen molar-refractivity contribution < 1.29 is 4.79 Å². The minimum atomic E-state index is -0.200. The first kappa shape index (κ1) is 14.1. The summed E-state index contributed by atoms with van der Waals surface area (Å²) in [6.07, 6.45) is 5.95. The number of rotatable bonds is 4. The van der Waals surface area contributed by atoms with Crippen LogP contribution in [0.1, 0.15) is 23.8 Å². The third kappa shape index (κ3) is 3.36. The zero-order valence-corrected chi connectivity index (χ0v) is 12.7. The Bertz CT molecular complexity index is 597. The number of amides is 1. The van der Waals surface area contributed by atoms with Crippen molar-refractivity contribution in [2.75, 3.05) is 5.32 Å². The summed E-state index contributed by atoms with van der Waals surface area (Å²) in [4.78, 5) is 16.2. The molecule has 0 saturated heterocycles. The molecule has 0 unspecified atom stereocenters. The quantitative estimate of drug-likeness (QED) is 0.914. The molecule has 2 aromatic rings. The molecule has 2 aromatic heterocycles. The molecule has 100 valence electrons. The summed E-state index contributed by atoms with van der Waals surface area (Å²) in [6, 6.07) is 3.42. The third-order valence-electron chi connectivity index (χ3n) is 2.58. The molecule has 1 N–H and O–H groups in total. The van der Waals surface area contributed by atoms with Crippen LogP contribution in [0.4, 0.5) is 5.69 Å². The van der Waals surface area contributed by atoms with Gasteiger partial charge in [0.2, 0.25) is 0 Å². The third-order valence-corrected chi connectivity index (χ3v) is 3.34. The van der Waals surface area contributed by atoms with Crippen LogP contribution in [0.15, 0.2) is 35.2 Å². The van der Waals surface area contributed by atoms with E-state index in [2.05, 4.69) is 33.2 Å². The van der Waals surface area contributed by atoms with Crippen molar-refractivity contribution in [2.24, 2.45) is 0 Å². The summed E-state index contributed by atoms with van der Waals surface area (Å²) in [7, 11) is 0. The number of halogens is 2. The highest BCUT2D eigenvalue weighted by Crippen LogP contribution is 2.21. The van der Waals surface area contributed by atoms with E-state index in [0.717, 1.165) is 17.4 Å². The number of hydrogen-bond acceptors (Lipinski definition) is 2. The predicted octanol–water partition coefficient (Wildman–Crippen LogP) is 3.96. The number of hydrogen-bond donors (Lipinski definition) is 1. The fourth-order valence-electron chi connectivity index (χ4n) is 1.75. The lowest BCUT2D eigenvalue weighted by Crippen LogP contribution is -2.17. The topological polar surface area (TPSA) is 46.9 Å². The van der Waals surface area contributed by atoms with Crippen molar-refractivity contribution in [1.82, 2.24) is 9.55 Å². The normalized spacial score (nSPS) is 10.5. The monoisotopic (exact) mass is 341 g/mol. The molecule has 0 aromatic carbocycles. The van der Waals surface area contributed by atoms with E-state index in [4.69, 9.17) is 11.6 Å². The molecule has 0 atom stereocenters. The second-order valence-electron chi connectivity index (χ2n) is 4.05. The van der Waals surface area contributed by atoms with Crippen molar-refractivity contribution in [3.63, 3.8) is 0 Å².